The SMILES string of the molecule is O=C(c1ccc2c(c1)C1(OCCCO1)C(=O)N2CC1CC1)c1cc(F)ccc1C(F)(F)F. The summed E-state index contributed by atoms with van der Waals surface area (Å²) in [7, 11) is 0. The molecule has 2 aromatic carbocycles. The minimum Gasteiger partial charge on any atom is -0.338 e. The Bertz CT molecular complexity index is 1100. The zero-order valence-corrected chi connectivity index (χ0v) is 16.9. The summed E-state index contributed by atoms with van der Waals surface area (Å²) in [5.74, 6) is -3.70. The van der Waals surface area contributed by atoms with Crippen LogP contribution in [0.4, 0.5) is 23.2 Å². The molecular weight excluding hydrogens is 430 g/mol. The van der Waals surface area contributed by atoms with Gasteiger partial charge in [-0.2, -0.15) is 13.2 Å². The number of alkyl halides is 3. The number of carbonyl (C=O) groups excluding carboxylic acids is 2. The van der Waals surface area contributed by atoms with E-state index in [1.165, 1.54) is 18.2 Å². The average molecular weight is 449 g/mol. The predicted molar refractivity (Wildman–Crippen MR) is 105 cm³/mol. The first-order chi connectivity index (χ1) is 15.2. The maximum atomic E-state index is 13.7. The zero-order valence-electron chi connectivity index (χ0n) is 16.9. The van der Waals surface area contributed by atoms with Crippen molar-refractivity contribution in [2.24, 2.45) is 5.92 Å². The Morgan fingerprint density at radius 1 is 1.09 bits per heavy atom. The van der Waals surface area contributed by atoms with Gasteiger partial charge in [0.1, 0.15) is 5.82 Å². The molecule has 168 valence electrons. The topological polar surface area (TPSA) is 55.8 Å². The number of hydrogen-bond acceptors (Lipinski definition) is 4. The van der Waals surface area contributed by atoms with Crippen LogP contribution in [-0.2, 0) is 26.2 Å². The Morgan fingerprint density at radius 3 is 2.47 bits per heavy atom. The Hall–Kier alpha value is -2.78. The van der Waals surface area contributed by atoms with Gasteiger partial charge in [0.05, 0.1) is 24.5 Å². The molecule has 9 heteroatoms. The van der Waals surface area contributed by atoms with E-state index in [4.69, 9.17) is 9.47 Å². The largest absolute Gasteiger partial charge is 0.417 e. The molecular formula is C23H19F4NO4. The van der Waals surface area contributed by atoms with Crippen LogP contribution in [0.2, 0.25) is 0 Å². The number of carbonyl (C=O) groups is 2. The van der Waals surface area contributed by atoms with Crippen LogP contribution in [0.1, 0.15) is 46.3 Å². The highest BCUT2D eigenvalue weighted by molar-refractivity contribution is 6.12. The van der Waals surface area contributed by atoms with Crippen LogP contribution in [0.5, 0.6) is 0 Å². The van der Waals surface area contributed by atoms with Gasteiger partial charge in [-0.1, -0.05) is 0 Å². The first kappa shape index (κ1) is 21.1. The van der Waals surface area contributed by atoms with Gasteiger partial charge in [0, 0.05) is 23.2 Å². The van der Waals surface area contributed by atoms with E-state index in [9.17, 15) is 27.2 Å². The summed E-state index contributed by atoms with van der Waals surface area (Å²) in [6.07, 6.45) is -2.23. The Balaban J connectivity index is 1.60. The van der Waals surface area contributed by atoms with Gasteiger partial charge in [-0.3, -0.25) is 9.59 Å². The molecule has 2 heterocycles. The third kappa shape index (κ3) is 3.40. The lowest BCUT2D eigenvalue weighted by molar-refractivity contribution is -0.256. The average Bonchev–Trinajstić information content (AvgIpc) is 3.57. The summed E-state index contributed by atoms with van der Waals surface area (Å²) in [5.41, 5.74) is -1.33. The fourth-order valence-electron chi connectivity index (χ4n) is 4.24. The van der Waals surface area contributed by atoms with E-state index in [1.54, 1.807) is 4.90 Å². The number of fused-ring (bicyclic) bond motifs is 2. The smallest absolute Gasteiger partial charge is 0.338 e. The third-order valence-corrected chi connectivity index (χ3v) is 6.00. The van der Waals surface area contributed by atoms with Crippen LogP contribution in [0.15, 0.2) is 36.4 Å². The first-order valence-electron chi connectivity index (χ1n) is 10.4. The van der Waals surface area contributed by atoms with E-state index < -0.39 is 40.6 Å². The summed E-state index contributed by atoms with van der Waals surface area (Å²) in [4.78, 5) is 27.9. The maximum Gasteiger partial charge on any atom is 0.417 e. The molecule has 3 aliphatic rings. The number of rotatable bonds is 4. The molecule has 2 fully saturated rings. The Morgan fingerprint density at radius 2 is 1.81 bits per heavy atom. The van der Waals surface area contributed by atoms with Gasteiger partial charge >= 0.3 is 6.18 Å². The van der Waals surface area contributed by atoms with Gasteiger partial charge in [0.2, 0.25) is 0 Å². The summed E-state index contributed by atoms with van der Waals surface area (Å²) >= 11 is 0. The van der Waals surface area contributed by atoms with Gasteiger partial charge in [-0.15, -0.1) is 0 Å². The number of benzene rings is 2. The fourth-order valence-corrected chi connectivity index (χ4v) is 4.24. The second-order valence-corrected chi connectivity index (χ2v) is 8.27. The molecule has 0 atom stereocenters. The molecule has 2 aromatic rings. The van der Waals surface area contributed by atoms with Crippen molar-refractivity contribution in [1.29, 1.82) is 0 Å². The molecule has 5 nitrogen and oxygen atoms in total. The van der Waals surface area contributed by atoms with Gasteiger partial charge in [0.15, 0.2) is 5.78 Å². The molecule has 1 saturated carbocycles. The molecule has 32 heavy (non-hydrogen) atoms. The van der Waals surface area contributed by atoms with Crippen molar-refractivity contribution in [1.82, 2.24) is 0 Å². The number of halogens is 4. The minimum atomic E-state index is -4.83. The highest BCUT2D eigenvalue weighted by Gasteiger charge is 2.55. The van der Waals surface area contributed by atoms with Gasteiger partial charge < -0.3 is 14.4 Å². The van der Waals surface area contributed by atoms with Crippen LogP contribution in [-0.4, -0.2) is 31.4 Å². The molecule has 2 aliphatic heterocycles. The standard InChI is InChI=1S/C23H19F4NO4/c24-15-5-6-17(23(25,26)27)16(11-15)20(29)14-4-7-19-18(10-14)22(31-8-1-9-32-22)21(30)28(19)12-13-2-3-13/h4-7,10-11,13H,1-3,8-9,12H2. The maximum absolute atomic E-state index is 13.7. The van der Waals surface area contributed by atoms with E-state index in [0.717, 1.165) is 12.8 Å². The fraction of sp³-hybridized carbons (Fsp3) is 0.391. The van der Waals surface area contributed by atoms with Gasteiger partial charge in [-0.25, -0.2) is 4.39 Å². The molecule has 0 aromatic heterocycles. The Kier molecular flexibility index (Phi) is 4.86. The predicted octanol–water partition coefficient (Wildman–Crippen LogP) is 4.42. The van der Waals surface area contributed by atoms with Crippen LogP contribution < -0.4 is 4.90 Å². The van der Waals surface area contributed by atoms with Crippen molar-refractivity contribution < 1.29 is 36.6 Å². The molecule has 1 saturated heterocycles. The number of amides is 1. The Labute approximate surface area is 180 Å². The van der Waals surface area contributed by atoms with Crippen LogP contribution in [0.25, 0.3) is 0 Å². The molecule has 1 amide bonds. The molecule has 0 bridgehead atoms. The third-order valence-electron chi connectivity index (χ3n) is 6.00. The molecule has 5 rings (SSSR count). The van der Waals surface area contributed by atoms with Gasteiger partial charge in [-0.05, 0) is 61.6 Å². The highest BCUT2D eigenvalue weighted by atomic mass is 19.4. The van der Waals surface area contributed by atoms with Crippen molar-refractivity contribution in [2.75, 3.05) is 24.7 Å². The van der Waals surface area contributed by atoms with Crippen molar-refractivity contribution in [3.05, 3.63) is 64.5 Å². The molecule has 1 spiro atoms. The second-order valence-electron chi connectivity index (χ2n) is 8.27. The molecule has 1 aliphatic carbocycles. The van der Waals surface area contributed by atoms with E-state index in [1.807, 2.05) is 0 Å². The summed E-state index contributed by atoms with van der Waals surface area (Å²) < 4.78 is 65.6. The number of ketones is 1. The van der Waals surface area contributed by atoms with E-state index in [-0.39, 0.29) is 18.8 Å². The van der Waals surface area contributed by atoms with E-state index >= 15 is 0 Å². The first-order valence-corrected chi connectivity index (χ1v) is 10.4. The van der Waals surface area contributed by atoms with Crippen LogP contribution in [0.3, 0.4) is 0 Å². The zero-order chi connectivity index (χ0) is 22.7. The van der Waals surface area contributed by atoms with Crippen LogP contribution in [0, 0.1) is 11.7 Å². The van der Waals surface area contributed by atoms with E-state index in [0.29, 0.717) is 48.3 Å². The second kappa shape index (κ2) is 7.38. The van der Waals surface area contributed by atoms with Crippen molar-refractivity contribution in [2.45, 2.75) is 31.2 Å². The number of anilines is 1. The van der Waals surface area contributed by atoms with Gasteiger partial charge in [0.25, 0.3) is 11.7 Å². The number of hydrogen-bond donors (Lipinski definition) is 0. The molecule has 0 radical (unpaired) electrons. The quantitative estimate of drug-likeness (QED) is 0.512. The van der Waals surface area contributed by atoms with E-state index in [2.05, 4.69) is 0 Å². The lowest BCUT2D eigenvalue weighted by atomic mass is 9.95. The van der Waals surface area contributed by atoms with Crippen molar-refractivity contribution in [3.63, 3.8) is 0 Å². The normalized spacial score (nSPS) is 20.0. The highest BCUT2D eigenvalue weighted by Crippen LogP contribution is 2.47. The summed E-state index contributed by atoms with van der Waals surface area (Å²) in [5, 5.41) is 0. The lowest BCUT2D eigenvalue weighted by Crippen LogP contribution is -2.47. The number of ether oxygens (including phenoxy) is 2. The minimum absolute atomic E-state index is 0.113. The summed E-state index contributed by atoms with van der Waals surface area (Å²) in [6, 6.07) is 5.99. The molecule has 0 unspecified atom stereocenters. The summed E-state index contributed by atoms with van der Waals surface area (Å²) in [6.45, 7) is 1.02. The molecule has 0 N–H and O–H groups in total. The monoisotopic (exact) mass is 449 g/mol. The van der Waals surface area contributed by atoms with Crippen LogP contribution >= 0.6 is 0 Å². The van der Waals surface area contributed by atoms with Crippen molar-refractivity contribution in [3.8, 4) is 0 Å². The van der Waals surface area contributed by atoms with Crippen molar-refractivity contribution >= 4 is 17.4 Å². The number of nitrogens with zero attached hydrogens (tertiary/aromatic N) is 1. The lowest BCUT2D eigenvalue weighted by Gasteiger charge is -2.32.